The highest BCUT2D eigenvalue weighted by Crippen LogP contribution is 2.41. The zero-order chi connectivity index (χ0) is 14.9. The molecule has 106 valence electrons. The summed E-state index contributed by atoms with van der Waals surface area (Å²) in [5.74, 6) is -5.00. The van der Waals surface area contributed by atoms with Crippen molar-refractivity contribution in [3.05, 3.63) is 35.6 Å². The van der Waals surface area contributed by atoms with Crippen LogP contribution in [0.25, 0.3) is 0 Å². The SMILES string of the molecule is O=C(O)C1CC(C(=O)O)(c2cccc(F)c2)CCC1=O. The third-order valence-corrected chi connectivity index (χ3v) is 3.82. The van der Waals surface area contributed by atoms with Crippen LogP contribution in [0.1, 0.15) is 24.8 Å². The number of rotatable bonds is 3. The van der Waals surface area contributed by atoms with E-state index in [1.807, 2.05) is 0 Å². The molecule has 2 rings (SSSR count). The monoisotopic (exact) mass is 280 g/mol. The van der Waals surface area contributed by atoms with Gasteiger partial charge < -0.3 is 10.2 Å². The number of ketones is 1. The largest absolute Gasteiger partial charge is 0.481 e. The number of carbonyl (C=O) groups is 3. The number of carbonyl (C=O) groups excluding carboxylic acids is 1. The van der Waals surface area contributed by atoms with E-state index in [1.165, 1.54) is 18.2 Å². The van der Waals surface area contributed by atoms with Gasteiger partial charge in [0.25, 0.3) is 0 Å². The van der Waals surface area contributed by atoms with E-state index in [-0.39, 0.29) is 24.8 Å². The molecule has 1 aliphatic rings. The molecule has 1 fully saturated rings. The first-order chi connectivity index (χ1) is 9.36. The Hall–Kier alpha value is -2.24. The Morgan fingerprint density at radius 3 is 2.55 bits per heavy atom. The van der Waals surface area contributed by atoms with Crippen molar-refractivity contribution in [1.82, 2.24) is 0 Å². The summed E-state index contributed by atoms with van der Waals surface area (Å²) in [6, 6.07) is 5.10. The van der Waals surface area contributed by atoms with Crippen LogP contribution < -0.4 is 0 Å². The highest BCUT2D eigenvalue weighted by Gasteiger charge is 2.49. The molecule has 1 aromatic rings. The molecule has 1 saturated carbocycles. The number of halogens is 1. The molecule has 20 heavy (non-hydrogen) atoms. The fourth-order valence-electron chi connectivity index (χ4n) is 2.67. The molecule has 0 bridgehead atoms. The lowest BCUT2D eigenvalue weighted by Crippen LogP contribution is -2.45. The molecule has 0 amide bonds. The van der Waals surface area contributed by atoms with Gasteiger partial charge in [-0.25, -0.2) is 4.39 Å². The Labute approximate surface area is 114 Å². The minimum atomic E-state index is -1.53. The molecule has 0 heterocycles. The molecule has 1 aromatic carbocycles. The van der Waals surface area contributed by atoms with Gasteiger partial charge in [0.15, 0.2) is 0 Å². The highest BCUT2D eigenvalue weighted by molar-refractivity contribution is 6.01. The fourth-order valence-corrected chi connectivity index (χ4v) is 2.67. The minimum absolute atomic E-state index is 0.0194. The predicted molar refractivity (Wildman–Crippen MR) is 65.7 cm³/mol. The number of benzene rings is 1. The molecule has 0 saturated heterocycles. The molecule has 2 N–H and O–H groups in total. The lowest BCUT2D eigenvalue weighted by Gasteiger charge is -2.35. The molecule has 0 aliphatic heterocycles. The number of carboxylic acid groups (broad SMARTS) is 2. The van der Waals surface area contributed by atoms with Gasteiger partial charge in [-0.1, -0.05) is 12.1 Å². The van der Waals surface area contributed by atoms with Crippen LogP contribution in [0.2, 0.25) is 0 Å². The lowest BCUT2D eigenvalue weighted by atomic mass is 9.65. The second-order valence-corrected chi connectivity index (χ2v) is 4.96. The zero-order valence-corrected chi connectivity index (χ0v) is 10.5. The maximum absolute atomic E-state index is 13.3. The average molecular weight is 280 g/mol. The zero-order valence-electron chi connectivity index (χ0n) is 10.5. The van der Waals surface area contributed by atoms with Crippen LogP contribution in [-0.4, -0.2) is 27.9 Å². The average Bonchev–Trinajstić information content (AvgIpc) is 2.38. The van der Waals surface area contributed by atoms with E-state index >= 15 is 0 Å². The minimum Gasteiger partial charge on any atom is -0.481 e. The van der Waals surface area contributed by atoms with Gasteiger partial charge in [0.2, 0.25) is 0 Å². The van der Waals surface area contributed by atoms with Gasteiger partial charge in [0.05, 0.1) is 5.41 Å². The third kappa shape index (κ3) is 2.29. The lowest BCUT2D eigenvalue weighted by molar-refractivity contribution is -0.153. The number of Topliss-reactive ketones (excluding diaryl/α,β-unsaturated/α-hetero) is 1. The Morgan fingerprint density at radius 2 is 2.00 bits per heavy atom. The first-order valence-corrected chi connectivity index (χ1v) is 6.12. The molecule has 0 radical (unpaired) electrons. The van der Waals surface area contributed by atoms with Crippen molar-refractivity contribution in [3.8, 4) is 0 Å². The summed E-state index contributed by atoms with van der Waals surface area (Å²) in [6.45, 7) is 0. The molecule has 0 spiro atoms. The van der Waals surface area contributed by atoms with E-state index in [0.29, 0.717) is 0 Å². The van der Waals surface area contributed by atoms with Crippen molar-refractivity contribution in [3.63, 3.8) is 0 Å². The molecule has 5 nitrogen and oxygen atoms in total. The Balaban J connectivity index is 2.48. The molecule has 2 atom stereocenters. The third-order valence-electron chi connectivity index (χ3n) is 3.82. The molecule has 2 unspecified atom stereocenters. The van der Waals surface area contributed by atoms with E-state index < -0.39 is 34.9 Å². The van der Waals surface area contributed by atoms with Crippen LogP contribution in [0.3, 0.4) is 0 Å². The van der Waals surface area contributed by atoms with E-state index in [1.54, 1.807) is 0 Å². The van der Waals surface area contributed by atoms with Crippen LogP contribution in [0.15, 0.2) is 24.3 Å². The summed E-state index contributed by atoms with van der Waals surface area (Å²) in [5, 5.41) is 18.5. The molecular weight excluding hydrogens is 267 g/mol. The summed E-state index contributed by atoms with van der Waals surface area (Å²) >= 11 is 0. The van der Waals surface area contributed by atoms with Crippen molar-refractivity contribution < 1.29 is 29.0 Å². The number of hydrogen-bond acceptors (Lipinski definition) is 3. The highest BCUT2D eigenvalue weighted by atomic mass is 19.1. The van der Waals surface area contributed by atoms with Crippen LogP contribution in [0, 0.1) is 11.7 Å². The fraction of sp³-hybridized carbons (Fsp3) is 0.357. The van der Waals surface area contributed by atoms with Gasteiger partial charge in [-0.2, -0.15) is 0 Å². The first kappa shape index (κ1) is 14.2. The van der Waals surface area contributed by atoms with E-state index in [2.05, 4.69) is 0 Å². The Bertz CT molecular complexity index is 583. The molecular formula is C14H13FO5. The molecule has 6 heteroatoms. The number of hydrogen-bond donors (Lipinski definition) is 2. The van der Waals surface area contributed by atoms with Crippen LogP contribution in [0.5, 0.6) is 0 Å². The quantitative estimate of drug-likeness (QED) is 0.820. The first-order valence-electron chi connectivity index (χ1n) is 6.12. The van der Waals surface area contributed by atoms with Gasteiger partial charge in [-0.3, -0.25) is 14.4 Å². The second-order valence-electron chi connectivity index (χ2n) is 4.96. The van der Waals surface area contributed by atoms with Gasteiger partial charge in [0.1, 0.15) is 17.5 Å². The van der Waals surface area contributed by atoms with E-state index in [0.717, 1.165) is 6.07 Å². The summed E-state index contributed by atoms with van der Waals surface area (Å²) in [4.78, 5) is 34.3. The van der Waals surface area contributed by atoms with E-state index in [4.69, 9.17) is 5.11 Å². The summed E-state index contributed by atoms with van der Waals surface area (Å²) in [6.07, 6.45) is -0.506. The predicted octanol–water partition coefficient (Wildman–Crippen LogP) is 1.60. The smallest absolute Gasteiger partial charge is 0.314 e. The van der Waals surface area contributed by atoms with Crippen molar-refractivity contribution in [1.29, 1.82) is 0 Å². The number of carboxylic acids is 2. The topological polar surface area (TPSA) is 91.7 Å². The Morgan fingerprint density at radius 1 is 1.30 bits per heavy atom. The molecule has 1 aliphatic carbocycles. The maximum Gasteiger partial charge on any atom is 0.314 e. The van der Waals surface area contributed by atoms with Crippen molar-refractivity contribution in [2.24, 2.45) is 5.92 Å². The van der Waals surface area contributed by atoms with Crippen molar-refractivity contribution in [2.75, 3.05) is 0 Å². The van der Waals surface area contributed by atoms with E-state index in [9.17, 15) is 23.9 Å². The van der Waals surface area contributed by atoms with Gasteiger partial charge in [-0.05, 0) is 30.5 Å². The summed E-state index contributed by atoms with van der Waals surface area (Å²) in [7, 11) is 0. The van der Waals surface area contributed by atoms with Gasteiger partial charge in [-0.15, -0.1) is 0 Å². The summed E-state index contributed by atoms with van der Waals surface area (Å²) in [5.41, 5.74) is -1.33. The van der Waals surface area contributed by atoms with Crippen LogP contribution in [-0.2, 0) is 19.8 Å². The van der Waals surface area contributed by atoms with Crippen molar-refractivity contribution >= 4 is 17.7 Å². The van der Waals surface area contributed by atoms with Gasteiger partial charge >= 0.3 is 11.9 Å². The Kier molecular flexibility index (Phi) is 3.57. The second kappa shape index (κ2) is 5.03. The van der Waals surface area contributed by atoms with Crippen molar-refractivity contribution in [2.45, 2.75) is 24.7 Å². The number of aliphatic carboxylic acids is 2. The molecule has 0 aromatic heterocycles. The normalized spacial score (nSPS) is 26.2. The van der Waals surface area contributed by atoms with Crippen LogP contribution in [0.4, 0.5) is 4.39 Å². The van der Waals surface area contributed by atoms with Crippen LogP contribution >= 0.6 is 0 Å². The van der Waals surface area contributed by atoms with Gasteiger partial charge in [0, 0.05) is 6.42 Å². The summed E-state index contributed by atoms with van der Waals surface area (Å²) < 4.78 is 13.3. The standard InChI is InChI=1S/C14H13FO5/c15-9-3-1-2-8(6-9)14(13(19)20)5-4-11(16)10(7-14)12(17)18/h1-3,6,10H,4-5,7H2,(H,17,18)(H,19,20). The maximum atomic E-state index is 13.3.